The summed E-state index contributed by atoms with van der Waals surface area (Å²) in [4.78, 5) is 11.0. The third kappa shape index (κ3) is 4.24. The smallest absolute Gasteiger partial charge is 0.307 e. The van der Waals surface area contributed by atoms with Crippen molar-refractivity contribution >= 4 is 16.0 Å². The summed E-state index contributed by atoms with van der Waals surface area (Å²) >= 11 is 0. The van der Waals surface area contributed by atoms with E-state index in [9.17, 15) is 17.6 Å². The van der Waals surface area contributed by atoms with Gasteiger partial charge in [-0.2, -0.15) is 5.26 Å². The maximum absolute atomic E-state index is 13.2. The van der Waals surface area contributed by atoms with E-state index in [1.54, 1.807) is 13.0 Å². The molecule has 1 rings (SSSR count). The molecule has 114 valence electrons. The average molecular weight is 314 g/mol. The maximum Gasteiger partial charge on any atom is 0.307 e. The Balaban J connectivity index is 2.90. The normalized spacial score (nSPS) is 11.2. The van der Waals surface area contributed by atoms with E-state index in [1.165, 1.54) is 7.05 Å². The Labute approximate surface area is 122 Å². The average Bonchev–Trinajstić information content (AvgIpc) is 2.45. The van der Waals surface area contributed by atoms with Crippen molar-refractivity contribution in [1.29, 1.82) is 5.26 Å². The Morgan fingerprint density at radius 1 is 1.48 bits per heavy atom. The molecule has 8 heteroatoms. The highest BCUT2D eigenvalue weighted by Crippen LogP contribution is 2.18. The summed E-state index contributed by atoms with van der Waals surface area (Å²) in [6.45, 7) is 1.81. The fourth-order valence-corrected chi connectivity index (χ4v) is 2.73. The van der Waals surface area contributed by atoms with Crippen LogP contribution >= 0.6 is 0 Å². The number of rotatable bonds is 6. The minimum atomic E-state index is -3.89. The first kappa shape index (κ1) is 17.1. The molecule has 0 saturated heterocycles. The zero-order valence-corrected chi connectivity index (χ0v) is 12.5. The van der Waals surface area contributed by atoms with E-state index in [-0.39, 0.29) is 30.0 Å². The Bertz CT molecular complexity index is 667. The summed E-state index contributed by atoms with van der Waals surface area (Å²) in [5, 5.41) is 8.72. The van der Waals surface area contributed by atoms with Gasteiger partial charge in [0.05, 0.1) is 23.5 Å². The lowest BCUT2D eigenvalue weighted by atomic mass is 10.2. The molecule has 0 radical (unpaired) electrons. The minimum Gasteiger partial charge on any atom is -0.466 e. The molecule has 0 bridgehead atoms. The van der Waals surface area contributed by atoms with Crippen LogP contribution in [0.5, 0.6) is 0 Å². The number of benzene rings is 1. The topological polar surface area (TPSA) is 87.5 Å². The lowest BCUT2D eigenvalue weighted by Gasteiger charge is -2.16. The summed E-state index contributed by atoms with van der Waals surface area (Å²) in [6.07, 6.45) is -0.0874. The number of carbonyl (C=O) groups excluding carboxylic acids is 1. The second-order valence-electron chi connectivity index (χ2n) is 4.14. The Kier molecular flexibility index (Phi) is 5.81. The number of sulfonamides is 1. The van der Waals surface area contributed by atoms with Crippen LogP contribution in [0.2, 0.25) is 0 Å². The highest BCUT2D eigenvalue weighted by molar-refractivity contribution is 7.89. The van der Waals surface area contributed by atoms with Crippen LogP contribution in [0.3, 0.4) is 0 Å². The Hall–Kier alpha value is -1.98. The van der Waals surface area contributed by atoms with E-state index in [1.807, 2.05) is 0 Å². The van der Waals surface area contributed by atoms with Gasteiger partial charge < -0.3 is 4.74 Å². The van der Waals surface area contributed by atoms with Gasteiger partial charge in [0.2, 0.25) is 10.0 Å². The van der Waals surface area contributed by atoms with Crippen LogP contribution in [0.4, 0.5) is 4.39 Å². The molecule has 0 saturated carbocycles. The van der Waals surface area contributed by atoms with Crippen molar-refractivity contribution in [3.8, 4) is 6.07 Å². The van der Waals surface area contributed by atoms with Crippen molar-refractivity contribution in [3.05, 3.63) is 29.6 Å². The number of esters is 1. The second-order valence-corrected chi connectivity index (χ2v) is 6.18. The predicted molar refractivity (Wildman–Crippen MR) is 72.2 cm³/mol. The third-order valence-electron chi connectivity index (χ3n) is 2.70. The molecule has 21 heavy (non-hydrogen) atoms. The first-order valence-electron chi connectivity index (χ1n) is 6.14. The highest BCUT2D eigenvalue weighted by atomic mass is 32.2. The largest absolute Gasteiger partial charge is 0.466 e. The van der Waals surface area contributed by atoms with E-state index >= 15 is 0 Å². The molecule has 6 nitrogen and oxygen atoms in total. The highest BCUT2D eigenvalue weighted by Gasteiger charge is 2.22. The van der Waals surface area contributed by atoms with Gasteiger partial charge in [-0.3, -0.25) is 4.79 Å². The summed E-state index contributed by atoms with van der Waals surface area (Å²) in [7, 11) is -2.60. The van der Waals surface area contributed by atoms with Gasteiger partial charge in [-0.15, -0.1) is 0 Å². The van der Waals surface area contributed by atoms with Gasteiger partial charge >= 0.3 is 5.97 Å². The second kappa shape index (κ2) is 7.15. The van der Waals surface area contributed by atoms with Gasteiger partial charge in [-0.1, -0.05) is 0 Å². The van der Waals surface area contributed by atoms with Gasteiger partial charge in [0, 0.05) is 13.6 Å². The quantitative estimate of drug-likeness (QED) is 0.738. The fourth-order valence-electron chi connectivity index (χ4n) is 1.53. The van der Waals surface area contributed by atoms with Crippen LogP contribution < -0.4 is 0 Å². The maximum atomic E-state index is 13.2. The fraction of sp³-hybridized carbons (Fsp3) is 0.385. The predicted octanol–water partition coefficient (Wildman–Crippen LogP) is 1.27. The molecule has 0 fully saturated rings. The van der Waals surface area contributed by atoms with Crippen LogP contribution in [-0.2, 0) is 19.6 Å². The van der Waals surface area contributed by atoms with Gasteiger partial charge in [0.25, 0.3) is 0 Å². The van der Waals surface area contributed by atoms with Crippen LogP contribution in [0.1, 0.15) is 18.9 Å². The van der Waals surface area contributed by atoms with Crippen LogP contribution in [0, 0.1) is 17.1 Å². The van der Waals surface area contributed by atoms with Gasteiger partial charge in [0.1, 0.15) is 11.9 Å². The molecule has 0 aliphatic rings. The monoisotopic (exact) mass is 314 g/mol. The Morgan fingerprint density at radius 3 is 2.71 bits per heavy atom. The summed E-state index contributed by atoms with van der Waals surface area (Å²) in [6, 6.07) is 4.54. The third-order valence-corrected chi connectivity index (χ3v) is 4.56. The van der Waals surface area contributed by atoms with E-state index in [0.29, 0.717) is 0 Å². The zero-order chi connectivity index (χ0) is 16.0. The van der Waals surface area contributed by atoms with Gasteiger partial charge in [-0.25, -0.2) is 17.1 Å². The van der Waals surface area contributed by atoms with E-state index in [2.05, 4.69) is 0 Å². The number of halogens is 1. The molecule has 1 aromatic rings. The van der Waals surface area contributed by atoms with Crippen LogP contribution in [0.15, 0.2) is 23.1 Å². The van der Waals surface area contributed by atoms with E-state index in [4.69, 9.17) is 10.00 Å². The lowest BCUT2D eigenvalue weighted by Crippen LogP contribution is -2.29. The standard InChI is InChI=1S/C13H15FN2O4S/c1-3-20-13(17)6-7-16(2)21(18,19)11-4-5-12(14)10(8-11)9-15/h4-5,8H,3,6-7H2,1-2H3. The zero-order valence-electron chi connectivity index (χ0n) is 11.7. The van der Waals surface area contributed by atoms with Crippen molar-refractivity contribution in [2.75, 3.05) is 20.2 Å². The van der Waals surface area contributed by atoms with Crippen molar-refractivity contribution in [1.82, 2.24) is 4.31 Å². The molecule has 0 atom stereocenters. The molecule has 0 spiro atoms. The van der Waals surface area contributed by atoms with Crippen molar-refractivity contribution in [2.45, 2.75) is 18.2 Å². The van der Waals surface area contributed by atoms with Crippen LogP contribution in [0.25, 0.3) is 0 Å². The van der Waals surface area contributed by atoms with E-state index in [0.717, 1.165) is 22.5 Å². The minimum absolute atomic E-state index is 0.0690. The Morgan fingerprint density at radius 2 is 2.14 bits per heavy atom. The van der Waals surface area contributed by atoms with Crippen molar-refractivity contribution in [2.24, 2.45) is 0 Å². The summed E-state index contributed by atoms with van der Waals surface area (Å²) in [5.41, 5.74) is -0.352. The molecule has 0 aliphatic heterocycles. The molecular formula is C13H15FN2O4S. The molecule has 0 aliphatic carbocycles. The number of nitrogens with zero attached hydrogens (tertiary/aromatic N) is 2. The lowest BCUT2D eigenvalue weighted by molar-refractivity contribution is -0.143. The van der Waals surface area contributed by atoms with Gasteiger partial charge in [-0.05, 0) is 25.1 Å². The molecule has 1 aromatic carbocycles. The van der Waals surface area contributed by atoms with Crippen molar-refractivity contribution < 1.29 is 22.3 Å². The first-order valence-corrected chi connectivity index (χ1v) is 7.58. The molecule has 0 unspecified atom stereocenters. The summed E-state index contributed by atoms with van der Waals surface area (Å²) in [5.74, 6) is -1.29. The molecule has 0 N–H and O–H groups in total. The van der Waals surface area contributed by atoms with Crippen LogP contribution in [-0.4, -0.2) is 38.9 Å². The number of ether oxygens (including phenoxy) is 1. The van der Waals surface area contributed by atoms with E-state index < -0.39 is 21.8 Å². The molecule has 0 aromatic heterocycles. The van der Waals surface area contributed by atoms with Crippen molar-refractivity contribution in [3.63, 3.8) is 0 Å². The van der Waals surface area contributed by atoms with Gasteiger partial charge in [0.15, 0.2) is 0 Å². The molecule has 0 heterocycles. The number of carbonyl (C=O) groups is 1. The molecule has 0 amide bonds. The number of nitriles is 1. The summed E-state index contributed by atoms with van der Waals surface area (Å²) < 4.78 is 43.3. The number of hydrogen-bond donors (Lipinski definition) is 0. The first-order chi connectivity index (χ1) is 9.82. The molecular weight excluding hydrogens is 299 g/mol. The number of hydrogen-bond acceptors (Lipinski definition) is 5. The SMILES string of the molecule is CCOC(=O)CCN(C)S(=O)(=O)c1ccc(F)c(C#N)c1.